The van der Waals surface area contributed by atoms with Crippen molar-refractivity contribution in [3.8, 4) is 5.75 Å². The zero-order valence-electron chi connectivity index (χ0n) is 11.4. The molecule has 2 aromatic carbocycles. The Balaban J connectivity index is 1.79. The van der Waals surface area contributed by atoms with Gasteiger partial charge in [0.25, 0.3) is 0 Å². The molecule has 21 heavy (non-hydrogen) atoms. The number of halogens is 1. The van der Waals surface area contributed by atoms with Crippen LogP contribution in [0.15, 0.2) is 48.5 Å². The van der Waals surface area contributed by atoms with Crippen molar-refractivity contribution in [2.75, 3.05) is 11.9 Å². The molecule has 2 rings (SSSR count). The molecule has 0 bridgehead atoms. The Morgan fingerprint density at radius 2 is 2.00 bits per heavy atom. The molecule has 0 atom stereocenters. The first-order chi connectivity index (χ1) is 10.2. The Labute approximate surface area is 122 Å². The summed E-state index contributed by atoms with van der Waals surface area (Å²) in [5.41, 5.74) is 1.35. The SMILES string of the molecule is O=C(CCOc1cccc(F)c1)Nc1cccc(CO)c1. The number of rotatable bonds is 6. The number of hydrogen-bond acceptors (Lipinski definition) is 3. The Hall–Kier alpha value is -2.40. The maximum absolute atomic E-state index is 12.9. The molecule has 110 valence electrons. The Morgan fingerprint density at radius 1 is 1.19 bits per heavy atom. The van der Waals surface area contributed by atoms with Gasteiger partial charge in [-0.1, -0.05) is 18.2 Å². The van der Waals surface area contributed by atoms with Gasteiger partial charge in [0.2, 0.25) is 5.91 Å². The van der Waals surface area contributed by atoms with Crippen LogP contribution >= 0.6 is 0 Å². The lowest BCUT2D eigenvalue weighted by Crippen LogP contribution is -2.15. The number of ether oxygens (including phenoxy) is 1. The quantitative estimate of drug-likeness (QED) is 0.859. The van der Waals surface area contributed by atoms with E-state index in [4.69, 9.17) is 9.84 Å². The van der Waals surface area contributed by atoms with Gasteiger partial charge in [-0.3, -0.25) is 4.79 Å². The summed E-state index contributed by atoms with van der Waals surface area (Å²) >= 11 is 0. The van der Waals surface area contributed by atoms with Gasteiger partial charge in [0.05, 0.1) is 19.6 Å². The molecular formula is C16H16FNO3. The lowest BCUT2D eigenvalue weighted by molar-refractivity contribution is -0.116. The molecule has 0 fully saturated rings. The van der Waals surface area contributed by atoms with Gasteiger partial charge in [-0.15, -0.1) is 0 Å². The summed E-state index contributed by atoms with van der Waals surface area (Å²) in [5, 5.41) is 11.7. The molecular weight excluding hydrogens is 273 g/mol. The van der Waals surface area contributed by atoms with Gasteiger partial charge in [0.1, 0.15) is 11.6 Å². The highest BCUT2D eigenvalue weighted by atomic mass is 19.1. The highest BCUT2D eigenvalue weighted by Crippen LogP contribution is 2.13. The van der Waals surface area contributed by atoms with Crippen LogP contribution < -0.4 is 10.1 Å². The highest BCUT2D eigenvalue weighted by molar-refractivity contribution is 5.90. The zero-order valence-corrected chi connectivity index (χ0v) is 11.4. The van der Waals surface area contributed by atoms with E-state index in [1.54, 1.807) is 36.4 Å². The average Bonchev–Trinajstić information content (AvgIpc) is 2.47. The second-order valence-corrected chi connectivity index (χ2v) is 4.46. The number of aliphatic hydroxyl groups is 1. The molecule has 0 unspecified atom stereocenters. The second kappa shape index (κ2) is 7.40. The minimum absolute atomic E-state index is 0.0770. The van der Waals surface area contributed by atoms with Crippen LogP contribution in [0.25, 0.3) is 0 Å². The highest BCUT2D eigenvalue weighted by Gasteiger charge is 2.04. The second-order valence-electron chi connectivity index (χ2n) is 4.46. The maximum atomic E-state index is 12.9. The fourth-order valence-corrected chi connectivity index (χ4v) is 1.79. The zero-order chi connectivity index (χ0) is 15.1. The smallest absolute Gasteiger partial charge is 0.227 e. The lowest BCUT2D eigenvalue weighted by atomic mass is 10.2. The van der Waals surface area contributed by atoms with Crippen LogP contribution in [0.3, 0.4) is 0 Å². The average molecular weight is 289 g/mol. The standard InChI is InChI=1S/C16H16FNO3/c17-13-4-2-6-15(10-13)21-8-7-16(20)18-14-5-1-3-12(9-14)11-19/h1-6,9-10,19H,7-8,11H2,(H,18,20). The van der Waals surface area contributed by atoms with Crippen molar-refractivity contribution in [3.63, 3.8) is 0 Å². The van der Waals surface area contributed by atoms with Gasteiger partial charge in [-0.25, -0.2) is 4.39 Å². The van der Waals surface area contributed by atoms with Crippen LogP contribution in [0.4, 0.5) is 10.1 Å². The first-order valence-electron chi connectivity index (χ1n) is 6.55. The molecule has 0 saturated heterocycles. The number of benzene rings is 2. The maximum Gasteiger partial charge on any atom is 0.227 e. The van der Waals surface area contributed by atoms with Crippen molar-refractivity contribution in [1.29, 1.82) is 0 Å². The third kappa shape index (κ3) is 4.89. The molecule has 0 radical (unpaired) electrons. The van der Waals surface area contributed by atoms with Crippen LogP contribution in [0, 0.1) is 5.82 Å². The van der Waals surface area contributed by atoms with Crippen molar-refractivity contribution >= 4 is 11.6 Å². The van der Waals surface area contributed by atoms with Crippen molar-refractivity contribution in [2.45, 2.75) is 13.0 Å². The monoisotopic (exact) mass is 289 g/mol. The third-order valence-corrected chi connectivity index (χ3v) is 2.79. The van der Waals surface area contributed by atoms with E-state index in [1.807, 2.05) is 0 Å². The number of carbonyl (C=O) groups is 1. The Bertz CT molecular complexity index is 616. The van der Waals surface area contributed by atoms with Crippen LogP contribution in [0.5, 0.6) is 5.75 Å². The third-order valence-electron chi connectivity index (χ3n) is 2.79. The predicted molar refractivity (Wildman–Crippen MR) is 77.5 cm³/mol. The summed E-state index contributed by atoms with van der Waals surface area (Å²) in [6.45, 7) is 0.0847. The molecule has 0 heterocycles. The number of anilines is 1. The summed E-state index contributed by atoms with van der Waals surface area (Å²) in [6, 6.07) is 12.7. The lowest BCUT2D eigenvalue weighted by Gasteiger charge is -2.08. The van der Waals surface area contributed by atoms with Gasteiger partial charge in [0.15, 0.2) is 0 Å². The minimum atomic E-state index is -0.377. The van der Waals surface area contributed by atoms with E-state index in [0.29, 0.717) is 11.4 Å². The van der Waals surface area contributed by atoms with E-state index in [2.05, 4.69) is 5.32 Å². The van der Waals surface area contributed by atoms with E-state index in [0.717, 1.165) is 5.56 Å². The largest absolute Gasteiger partial charge is 0.493 e. The number of amides is 1. The Kier molecular flexibility index (Phi) is 5.29. The summed E-state index contributed by atoms with van der Waals surface area (Å²) in [7, 11) is 0. The van der Waals surface area contributed by atoms with Crippen LogP contribution in [0.2, 0.25) is 0 Å². The summed E-state index contributed by atoms with van der Waals surface area (Å²) in [6.07, 6.45) is 0.153. The van der Waals surface area contributed by atoms with E-state index >= 15 is 0 Å². The number of carbonyl (C=O) groups excluding carboxylic acids is 1. The van der Waals surface area contributed by atoms with Gasteiger partial charge < -0.3 is 15.2 Å². The number of aliphatic hydroxyl groups excluding tert-OH is 1. The van der Waals surface area contributed by atoms with E-state index in [-0.39, 0.29) is 31.4 Å². The molecule has 0 aliphatic heterocycles. The normalized spacial score (nSPS) is 10.2. The van der Waals surface area contributed by atoms with Crippen molar-refractivity contribution in [1.82, 2.24) is 0 Å². The van der Waals surface area contributed by atoms with Gasteiger partial charge in [0, 0.05) is 11.8 Å². The molecule has 1 amide bonds. The van der Waals surface area contributed by atoms with Crippen molar-refractivity contribution in [2.24, 2.45) is 0 Å². The van der Waals surface area contributed by atoms with E-state index in [9.17, 15) is 9.18 Å². The first kappa shape index (κ1) is 15.0. The molecule has 0 saturated carbocycles. The van der Waals surface area contributed by atoms with E-state index in [1.165, 1.54) is 12.1 Å². The molecule has 4 nitrogen and oxygen atoms in total. The topological polar surface area (TPSA) is 58.6 Å². The van der Waals surface area contributed by atoms with Crippen LogP contribution in [-0.2, 0) is 11.4 Å². The minimum Gasteiger partial charge on any atom is -0.493 e. The molecule has 5 heteroatoms. The summed E-state index contributed by atoms with van der Waals surface area (Å²) in [4.78, 5) is 11.7. The fraction of sp³-hybridized carbons (Fsp3) is 0.188. The molecule has 0 aliphatic rings. The van der Waals surface area contributed by atoms with Gasteiger partial charge in [-0.05, 0) is 29.8 Å². The molecule has 2 aromatic rings. The van der Waals surface area contributed by atoms with E-state index < -0.39 is 0 Å². The predicted octanol–water partition coefficient (Wildman–Crippen LogP) is 2.73. The van der Waals surface area contributed by atoms with Crippen LogP contribution in [-0.4, -0.2) is 17.6 Å². The van der Waals surface area contributed by atoms with Crippen molar-refractivity contribution in [3.05, 3.63) is 59.9 Å². The number of hydrogen-bond donors (Lipinski definition) is 2. The van der Waals surface area contributed by atoms with Gasteiger partial charge in [-0.2, -0.15) is 0 Å². The Morgan fingerprint density at radius 3 is 2.76 bits per heavy atom. The van der Waals surface area contributed by atoms with Crippen molar-refractivity contribution < 1.29 is 19.0 Å². The summed E-state index contributed by atoms with van der Waals surface area (Å²) in [5.74, 6) is -0.190. The van der Waals surface area contributed by atoms with Crippen LogP contribution in [0.1, 0.15) is 12.0 Å². The first-order valence-corrected chi connectivity index (χ1v) is 6.55. The number of nitrogens with one attached hydrogen (secondary N) is 1. The fourth-order valence-electron chi connectivity index (χ4n) is 1.79. The molecule has 2 N–H and O–H groups in total. The summed E-state index contributed by atoms with van der Waals surface area (Å²) < 4.78 is 18.2. The molecule has 0 aliphatic carbocycles. The van der Waals surface area contributed by atoms with Gasteiger partial charge >= 0.3 is 0 Å². The molecule has 0 aromatic heterocycles. The molecule has 0 spiro atoms.